The van der Waals surface area contributed by atoms with Crippen LogP contribution in [0.1, 0.15) is 11.4 Å². The van der Waals surface area contributed by atoms with Crippen LogP contribution in [0.5, 0.6) is 0 Å². The maximum atomic E-state index is 13.6. The average molecular weight is 327 g/mol. The van der Waals surface area contributed by atoms with Crippen molar-refractivity contribution in [1.82, 2.24) is 9.55 Å². The molecule has 0 radical (unpaired) electrons. The quantitative estimate of drug-likeness (QED) is 0.605. The molecule has 2 aromatic carbocycles. The van der Waals surface area contributed by atoms with Gasteiger partial charge in [-0.1, -0.05) is 11.6 Å². The highest BCUT2D eigenvalue weighted by Gasteiger charge is 2.15. The van der Waals surface area contributed by atoms with Gasteiger partial charge in [-0.25, -0.2) is 13.8 Å². The SMILES string of the molecule is Cc1cc(F)cc(-n2c(CCl)nc3cc(F)c(Cl)cc32)c1. The van der Waals surface area contributed by atoms with E-state index in [1.165, 1.54) is 24.3 Å². The number of aromatic nitrogens is 2. The molecule has 108 valence electrons. The molecule has 2 nitrogen and oxygen atoms in total. The zero-order chi connectivity index (χ0) is 15.1. The van der Waals surface area contributed by atoms with Crippen LogP contribution in [-0.4, -0.2) is 9.55 Å². The third kappa shape index (κ3) is 2.49. The fraction of sp³-hybridized carbons (Fsp3) is 0.133. The molecule has 0 aliphatic heterocycles. The Morgan fingerprint density at radius 2 is 1.90 bits per heavy atom. The smallest absolute Gasteiger partial charge is 0.144 e. The summed E-state index contributed by atoms with van der Waals surface area (Å²) in [4.78, 5) is 4.28. The van der Waals surface area contributed by atoms with Crippen molar-refractivity contribution in [1.29, 1.82) is 0 Å². The lowest BCUT2D eigenvalue weighted by atomic mass is 10.2. The topological polar surface area (TPSA) is 17.8 Å². The summed E-state index contributed by atoms with van der Waals surface area (Å²) in [5.41, 5.74) is 2.35. The Kier molecular flexibility index (Phi) is 3.59. The number of alkyl halides is 1. The first-order valence-electron chi connectivity index (χ1n) is 6.19. The lowest BCUT2D eigenvalue weighted by Crippen LogP contribution is -2.00. The molecular weight excluding hydrogens is 317 g/mol. The van der Waals surface area contributed by atoms with Crippen LogP contribution in [0.4, 0.5) is 8.78 Å². The van der Waals surface area contributed by atoms with Gasteiger partial charge in [-0.3, -0.25) is 4.57 Å². The van der Waals surface area contributed by atoms with Crippen molar-refractivity contribution in [3.05, 3.63) is 58.4 Å². The van der Waals surface area contributed by atoms with Crippen LogP contribution < -0.4 is 0 Å². The summed E-state index contributed by atoms with van der Waals surface area (Å²) >= 11 is 11.7. The Bertz CT molecular complexity index is 823. The minimum atomic E-state index is -0.551. The number of hydrogen-bond acceptors (Lipinski definition) is 1. The molecule has 0 aliphatic carbocycles. The highest BCUT2D eigenvalue weighted by Crippen LogP contribution is 2.28. The van der Waals surface area contributed by atoms with Crippen LogP contribution in [0.15, 0.2) is 30.3 Å². The van der Waals surface area contributed by atoms with Gasteiger partial charge in [-0.05, 0) is 36.8 Å². The zero-order valence-corrected chi connectivity index (χ0v) is 12.5. The van der Waals surface area contributed by atoms with Gasteiger partial charge in [0.05, 0.1) is 27.6 Å². The van der Waals surface area contributed by atoms with Crippen LogP contribution in [0.2, 0.25) is 5.02 Å². The Morgan fingerprint density at radius 3 is 2.57 bits per heavy atom. The Balaban J connectivity index is 2.36. The first-order valence-corrected chi connectivity index (χ1v) is 7.11. The number of imidazole rings is 1. The monoisotopic (exact) mass is 326 g/mol. The summed E-state index contributed by atoms with van der Waals surface area (Å²) in [6.07, 6.45) is 0. The van der Waals surface area contributed by atoms with Crippen LogP contribution in [0.3, 0.4) is 0 Å². The highest BCUT2D eigenvalue weighted by molar-refractivity contribution is 6.31. The molecule has 0 amide bonds. The van der Waals surface area contributed by atoms with Crippen molar-refractivity contribution in [3.8, 4) is 5.69 Å². The molecular formula is C15H10Cl2F2N2. The number of nitrogens with zero attached hydrogens (tertiary/aromatic N) is 2. The minimum absolute atomic E-state index is 0.0158. The molecule has 0 atom stereocenters. The van der Waals surface area contributed by atoms with Gasteiger partial charge >= 0.3 is 0 Å². The zero-order valence-electron chi connectivity index (χ0n) is 11.0. The number of aryl methyl sites for hydroxylation is 1. The molecule has 1 aromatic heterocycles. The molecule has 6 heteroatoms. The molecule has 21 heavy (non-hydrogen) atoms. The van der Waals surface area contributed by atoms with Gasteiger partial charge < -0.3 is 0 Å². The van der Waals surface area contributed by atoms with Gasteiger partial charge in [0.25, 0.3) is 0 Å². The van der Waals surface area contributed by atoms with E-state index < -0.39 is 5.82 Å². The Labute approximate surface area is 129 Å². The maximum absolute atomic E-state index is 13.6. The van der Waals surface area contributed by atoms with E-state index in [2.05, 4.69) is 4.98 Å². The number of hydrogen-bond donors (Lipinski definition) is 0. The van der Waals surface area contributed by atoms with Gasteiger partial charge in [0.1, 0.15) is 17.5 Å². The normalized spacial score (nSPS) is 11.3. The van der Waals surface area contributed by atoms with Gasteiger partial charge in [0.2, 0.25) is 0 Å². The van der Waals surface area contributed by atoms with E-state index in [-0.39, 0.29) is 16.7 Å². The summed E-state index contributed by atoms with van der Waals surface area (Å²) < 4.78 is 28.9. The van der Waals surface area contributed by atoms with Crippen LogP contribution in [0.25, 0.3) is 16.7 Å². The fourth-order valence-corrected chi connectivity index (χ4v) is 2.68. The van der Waals surface area contributed by atoms with E-state index >= 15 is 0 Å². The predicted octanol–water partition coefficient (Wildman–Crippen LogP) is 5.00. The first kappa shape index (κ1) is 14.3. The standard InChI is InChI=1S/C15H10Cl2F2N2/c1-8-2-9(18)4-10(3-8)21-14-5-11(17)12(19)6-13(14)20-15(21)7-16/h2-6H,7H2,1H3. The first-order chi connectivity index (χ1) is 9.99. The molecule has 0 fully saturated rings. The molecule has 0 spiro atoms. The number of halogens is 4. The molecule has 1 heterocycles. The Morgan fingerprint density at radius 1 is 1.14 bits per heavy atom. The third-order valence-electron chi connectivity index (χ3n) is 3.17. The van der Waals surface area contributed by atoms with Crippen molar-refractivity contribution < 1.29 is 8.78 Å². The van der Waals surface area contributed by atoms with Crippen molar-refractivity contribution >= 4 is 34.2 Å². The largest absolute Gasteiger partial charge is 0.295 e. The molecule has 0 unspecified atom stereocenters. The molecule has 0 N–H and O–H groups in total. The lowest BCUT2D eigenvalue weighted by Gasteiger charge is -2.09. The van der Waals surface area contributed by atoms with Gasteiger partial charge in [0.15, 0.2) is 0 Å². The summed E-state index contributed by atoms with van der Waals surface area (Å²) in [5, 5.41) is -0.0158. The van der Waals surface area contributed by atoms with Gasteiger partial charge in [0, 0.05) is 6.07 Å². The molecule has 3 rings (SSSR count). The lowest BCUT2D eigenvalue weighted by molar-refractivity contribution is 0.625. The summed E-state index contributed by atoms with van der Waals surface area (Å²) in [5.74, 6) is -0.298. The molecule has 0 saturated carbocycles. The number of benzene rings is 2. The van der Waals surface area contributed by atoms with Crippen molar-refractivity contribution in [2.24, 2.45) is 0 Å². The summed E-state index contributed by atoms with van der Waals surface area (Å²) in [7, 11) is 0. The average Bonchev–Trinajstić information content (AvgIpc) is 2.75. The van der Waals surface area contributed by atoms with Gasteiger partial charge in [-0.2, -0.15) is 0 Å². The molecule has 0 bridgehead atoms. The van der Waals surface area contributed by atoms with Crippen LogP contribution >= 0.6 is 23.2 Å². The summed E-state index contributed by atoms with van der Waals surface area (Å²) in [6, 6.07) is 7.32. The minimum Gasteiger partial charge on any atom is -0.295 e. The molecule has 3 aromatic rings. The Hall–Kier alpha value is -1.65. The molecule has 0 saturated heterocycles. The summed E-state index contributed by atoms with van der Waals surface area (Å²) in [6.45, 7) is 1.79. The van der Waals surface area contributed by atoms with Crippen molar-refractivity contribution in [2.75, 3.05) is 0 Å². The van der Waals surface area contributed by atoms with E-state index in [1.54, 1.807) is 17.6 Å². The maximum Gasteiger partial charge on any atom is 0.144 e. The van der Waals surface area contributed by atoms with E-state index in [0.717, 1.165) is 5.56 Å². The second-order valence-corrected chi connectivity index (χ2v) is 5.41. The highest BCUT2D eigenvalue weighted by atomic mass is 35.5. The van der Waals surface area contributed by atoms with E-state index in [9.17, 15) is 8.78 Å². The third-order valence-corrected chi connectivity index (χ3v) is 3.70. The van der Waals surface area contributed by atoms with Crippen molar-refractivity contribution in [2.45, 2.75) is 12.8 Å². The van der Waals surface area contributed by atoms with E-state index in [4.69, 9.17) is 23.2 Å². The number of rotatable bonds is 2. The molecule has 0 aliphatic rings. The fourth-order valence-electron chi connectivity index (χ4n) is 2.35. The van der Waals surface area contributed by atoms with E-state index in [1.807, 2.05) is 0 Å². The number of fused-ring (bicyclic) bond motifs is 1. The van der Waals surface area contributed by atoms with Gasteiger partial charge in [-0.15, -0.1) is 11.6 Å². The predicted molar refractivity (Wildman–Crippen MR) is 80.3 cm³/mol. The van der Waals surface area contributed by atoms with Crippen LogP contribution in [-0.2, 0) is 5.88 Å². The second kappa shape index (κ2) is 5.28. The van der Waals surface area contributed by atoms with Crippen LogP contribution in [0, 0.1) is 18.6 Å². The second-order valence-electron chi connectivity index (χ2n) is 4.74. The van der Waals surface area contributed by atoms with Crippen molar-refractivity contribution in [3.63, 3.8) is 0 Å². The van der Waals surface area contributed by atoms with E-state index in [0.29, 0.717) is 22.5 Å².